The number of benzene rings is 2. The van der Waals surface area contributed by atoms with Gasteiger partial charge in [-0.3, -0.25) is 9.59 Å². The number of rotatable bonds is 7. The molecule has 2 rings (SSSR count). The molecule has 146 valence electrons. The van der Waals surface area contributed by atoms with Crippen LogP contribution in [0.3, 0.4) is 0 Å². The van der Waals surface area contributed by atoms with Gasteiger partial charge in [-0.2, -0.15) is 0 Å². The predicted molar refractivity (Wildman–Crippen MR) is 107 cm³/mol. The summed E-state index contributed by atoms with van der Waals surface area (Å²) in [5.74, 6) is -2.65. The van der Waals surface area contributed by atoms with Gasteiger partial charge in [0.05, 0.1) is 11.4 Å². The van der Waals surface area contributed by atoms with Crippen LogP contribution in [0.5, 0.6) is 0 Å². The maximum absolute atomic E-state index is 13.7. The standard InChI is InChI=1S/C19H16ClFN2O4S/c1-11(19(26)27)8-17(24)22-13-3-5-14(6-4-13)28-10-18(25)23-16-7-2-12(20)9-15(16)21/h2-9H,10H2,1H3,(H,22,24)(H,23,25)(H,26,27). The molecule has 9 heteroatoms. The van der Waals surface area contributed by atoms with E-state index in [1.165, 1.54) is 30.8 Å². The number of carbonyl (C=O) groups is 3. The second-order valence-electron chi connectivity index (χ2n) is 5.61. The molecule has 0 aliphatic rings. The third-order valence-corrected chi connectivity index (χ3v) is 4.63. The van der Waals surface area contributed by atoms with Crippen LogP contribution in [-0.4, -0.2) is 28.6 Å². The maximum Gasteiger partial charge on any atom is 0.331 e. The van der Waals surface area contributed by atoms with Gasteiger partial charge in [0.2, 0.25) is 11.8 Å². The summed E-state index contributed by atoms with van der Waals surface area (Å²) in [4.78, 5) is 35.1. The van der Waals surface area contributed by atoms with Crippen LogP contribution >= 0.6 is 23.4 Å². The van der Waals surface area contributed by atoms with Gasteiger partial charge in [-0.15, -0.1) is 11.8 Å². The van der Waals surface area contributed by atoms with E-state index in [1.807, 2.05) is 0 Å². The topological polar surface area (TPSA) is 95.5 Å². The third kappa shape index (κ3) is 6.71. The van der Waals surface area contributed by atoms with Gasteiger partial charge >= 0.3 is 5.97 Å². The Morgan fingerprint density at radius 2 is 1.82 bits per heavy atom. The largest absolute Gasteiger partial charge is 0.478 e. The average Bonchev–Trinajstić information content (AvgIpc) is 2.63. The zero-order valence-electron chi connectivity index (χ0n) is 14.7. The first-order valence-corrected chi connectivity index (χ1v) is 9.31. The number of anilines is 2. The number of halogens is 2. The van der Waals surface area contributed by atoms with Crippen molar-refractivity contribution in [3.63, 3.8) is 0 Å². The molecule has 6 nitrogen and oxygen atoms in total. The minimum absolute atomic E-state index is 0.0535. The van der Waals surface area contributed by atoms with Crippen molar-refractivity contribution in [2.45, 2.75) is 11.8 Å². The molecule has 2 aromatic rings. The van der Waals surface area contributed by atoms with Crippen molar-refractivity contribution >= 4 is 52.5 Å². The summed E-state index contributed by atoms with van der Waals surface area (Å²) in [6.45, 7) is 1.32. The molecule has 0 aliphatic heterocycles. The molecule has 0 spiro atoms. The molecule has 0 fully saturated rings. The molecule has 2 amide bonds. The van der Waals surface area contributed by atoms with Crippen LogP contribution in [0.25, 0.3) is 0 Å². The Kier molecular flexibility index (Phi) is 7.60. The number of carboxylic acid groups (broad SMARTS) is 1. The molecule has 0 heterocycles. The summed E-state index contributed by atoms with van der Waals surface area (Å²) in [7, 11) is 0. The van der Waals surface area contributed by atoms with Crippen LogP contribution in [-0.2, 0) is 14.4 Å². The lowest BCUT2D eigenvalue weighted by Crippen LogP contribution is -2.15. The monoisotopic (exact) mass is 422 g/mol. The highest BCUT2D eigenvalue weighted by molar-refractivity contribution is 8.00. The fourth-order valence-corrected chi connectivity index (χ4v) is 2.85. The van der Waals surface area contributed by atoms with Gasteiger partial charge in [0.25, 0.3) is 0 Å². The lowest BCUT2D eigenvalue weighted by Gasteiger charge is -2.07. The molecular weight excluding hydrogens is 407 g/mol. The fourth-order valence-electron chi connectivity index (χ4n) is 2.00. The van der Waals surface area contributed by atoms with Crippen LogP contribution < -0.4 is 10.6 Å². The molecule has 0 aromatic heterocycles. The van der Waals surface area contributed by atoms with E-state index in [0.717, 1.165) is 17.0 Å². The molecular formula is C19H16ClFN2O4S. The highest BCUT2D eigenvalue weighted by Gasteiger charge is 2.09. The van der Waals surface area contributed by atoms with E-state index in [2.05, 4.69) is 10.6 Å². The summed E-state index contributed by atoms with van der Waals surface area (Å²) in [5, 5.41) is 14.0. The summed E-state index contributed by atoms with van der Waals surface area (Å²) in [6, 6.07) is 10.6. The van der Waals surface area contributed by atoms with Crippen LogP contribution in [0.15, 0.2) is 59.0 Å². The molecule has 28 heavy (non-hydrogen) atoms. The fraction of sp³-hybridized carbons (Fsp3) is 0.105. The van der Waals surface area contributed by atoms with Crippen LogP contribution in [0.4, 0.5) is 15.8 Å². The van der Waals surface area contributed by atoms with Gasteiger partial charge in [0.15, 0.2) is 0 Å². The number of amides is 2. The van der Waals surface area contributed by atoms with E-state index in [1.54, 1.807) is 24.3 Å². The molecule has 0 saturated carbocycles. The molecule has 0 saturated heterocycles. The van der Waals surface area contributed by atoms with Crippen molar-refractivity contribution in [2.75, 3.05) is 16.4 Å². The highest BCUT2D eigenvalue weighted by Crippen LogP contribution is 2.22. The minimum Gasteiger partial charge on any atom is -0.478 e. The molecule has 2 aromatic carbocycles. The van der Waals surface area contributed by atoms with Gasteiger partial charge < -0.3 is 15.7 Å². The predicted octanol–water partition coefficient (Wildman–Crippen LogP) is 4.18. The van der Waals surface area contributed by atoms with Gasteiger partial charge in [-0.05, 0) is 49.4 Å². The van der Waals surface area contributed by atoms with E-state index in [0.29, 0.717) is 5.69 Å². The van der Waals surface area contributed by atoms with Crippen LogP contribution in [0.1, 0.15) is 6.92 Å². The van der Waals surface area contributed by atoms with E-state index in [-0.39, 0.29) is 27.9 Å². The smallest absolute Gasteiger partial charge is 0.331 e. The normalized spacial score (nSPS) is 11.0. The number of nitrogens with one attached hydrogen (secondary N) is 2. The van der Waals surface area contributed by atoms with Gasteiger partial charge in [0.1, 0.15) is 5.82 Å². The number of carbonyl (C=O) groups excluding carboxylic acids is 2. The summed E-state index contributed by atoms with van der Waals surface area (Å²) >= 11 is 6.90. The molecule has 0 unspecified atom stereocenters. The number of carboxylic acids is 1. The van der Waals surface area contributed by atoms with Crippen molar-refractivity contribution in [1.82, 2.24) is 0 Å². The second-order valence-corrected chi connectivity index (χ2v) is 7.09. The lowest BCUT2D eigenvalue weighted by molar-refractivity contribution is -0.132. The number of hydrogen-bond donors (Lipinski definition) is 3. The quantitative estimate of drug-likeness (QED) is 0.459. The van der Waals surface area contributed by atoms with Gasteiger partial charge in [-0.1, -0.05) is 11.6 Å². The Bertz CT molecular complexity index is 932. The summed E-state index contributed by atoms with van der Waals surface area (Å²) in [5.41, 5.74) is 0.460. The number of aliphatic carboxylic acids is 1. The van der Waals surface area contributed by atoms with Crippen molar-refractivity contribution in [3.05, 3.63) is 65.0 Å². The Morgan fingerprint density at radius 1 is 1.14 bits per heavy atom. The van der Waals surface area contributed by atoms with Crippen molar-refractivity contribution < 1.29 is 23.9 Å². The number of thioether (sulfide) groups is 1. The third-order valence-electron chi connectivity index (χ3n) is 3.38. The van der Waals surface area contributed by atoms with Crippen LogP contribution in [0, 0.1) is 5.82 Å². The molecule has 0 radical (unpaired) electrons. The van der Waals surface area contributed by atoms with E-state index in [4.69, 9.17) is 16.7 Å². The van der Waals surface area contributed by atoms with Gasteiger partial charge in [0, 0.05) is 27.3 Å². The first-order chi connectivity index (χ1) is 13.2. The van der Waals surface area contributed by atoms with E-state index < -0.39 is 17.7 Å². The van der Waals surface area contributed by atoms with Gasteiger partial charge in [-0.25, -0.2) is 9.18 Å². The van der Waals surface area contributed by atoms with E-state index >= 15 is 0 Å². The second kappa shape index (κ2) is 9.91. The first-order valence-electron chi connectivity index (χ1n) is 7.95. The molecule has 0 atom stereocenters. The Labute approximate surface area is 169 Å². The van der Waals surface area contributed by atoms with Crippen molar-refractivity contribution in [1.29, 1.82) is 0 Å². The summed E-state index contributed by atoms with van der Waals surface area (Å²) in [6.07, 6.45) is 0.991. The van der Waals surface area contributed by atoms with Crippen LogP contribution in [0.2, 0.25) is 5.02 Å². The Hall–Kier alpha value is -2.84. The first kappa shape index (κ1) is 21.5. The molecule has 3 N–H and O–H groups in total. The maximum atomic E-state index is 13.7. The van der Waals surface area contributed by atoms with Crippen molar-refractivity contribution in [3.8, 4) is 0 Å². The van der Waals surface area contributed by atoms with Crippen molar-refractivity contribution in [2.24, 2.45) is 0 Å². The molecule has 0 bridgehead atoms. The lowest BCUT2D eigenvalue weighted by atomic mass is 10.2. The molecule has 0 aliphatic carbocycles. The Morgan fingerprint density at radius 3 is 2.43 bits per heavy atom. The Balaban J connectivity index is 1.87. The zero-order valence-corrected chi connectivity index (χ0v) is 16.2. The number of hydrogen-bond acceptors (Lipinski definition) is 4. The SMILES string of the molecule is CC(=CC(=O)Nc1ccc(SCC(=O)Nc2ccc(Cl)cc2F)cc1)C(=O)O. The zero-order chi connectivity index (χ0) is 20.7. The highest BCUT2D eigenvalue weighted by atomic mass is 35.5. The summed E-state index contributed by atoms with van der Waals surface area (Å²) < 4.78 is 13.7. The average molecular weight is 423 g/mol. The minimum atomic E-state index is -1.17. The van der Waals surface area contributed by atoms with E-state index in [9.17, 15) is 18.8 Å².